The Morgan fingerprint density at radius 3 is 2.41 bits per heavy atom. The van der Waals surface area contributed by atoms with Crippen molar-refractivity contribution in [3.63, 3.8) is 0 Å². The van der Waals surface area contributed by atoms with E-state index in [0.717, 1.165) is 11.3 Å². The molecule has 1 aromatic heterocycles. The van der Waals surface area contributed by atoms with Gasteiger partial charge >= 0.3 is 0 Å². The molecule has 17 heavy (non-hydrogen) atoms. The predicted octanol–water partition coefficient (Wildman–Crippen LogP) is 2.27. The van der Waals surface area contributed by atoms with E-state index in [0.29, 0.717) is 11.6 Å². The monoisotopic (exact) mass is 233 g/mol. The van der Waals surface area contributed by atoms with Gasteiger partial charge in [-0.05, 0) is 38.1 Å². The highest BCUT2D eigenvalue weighted by Crippen LogP contribution is 2.26. The molecule has 0 aliphatic carbocycles. The quantitative estimate of drug-likeness (QED) is 0.880. The van der Waals surface area contributed by atoms with Crippen molar-refractivity contribution in [2.24, 2.45) is 0 Å². The summed E-state index contributed by atoms with van der Waals surface area (Å²) in [5, 5.41) is 10.5. The van der Waals surface area contributed by atoms with E-state index >= 15 is 0 Å². The fourth-order valence-electron chi connectivity index (χ4n) is 1.52. The van der Waals surface area contributed by atoms with Crippen LogP contribution in [0.5, 0.6) is 11.6 Å². The fraction of sp³-hybridized carbons (Fsp3) is 0.333. The third kappa shape index (κ3) is 2.55. The van der Waals surface area contributed by atoms with Gasteiger partial charge in [-0.1, -0.05) is 0 Å². The molecule has 0 aliphatic heterocycles. The number of benzene rings is 1. The molecule has 0 saturated carbocycles. The molecule has 1 N–H and O–H groups in total. The van der Waals surface area contributed by atoms with Gasteiger partial charge in [0.1, 0.15) is 5.75 Å². The molecule has 0 saturated heterocycles. The van der Waals surface area contributed by atoms with E-state index in [1.165, 1.54) is 0 Å². The summed E-state index contributed by atoms with van der Waals surface area (Å²) in [6.07, 6.45) is 0.169. The minimum absolute atomic E-state index is 0.169. The number of hydrogen-bond acceptors (Lipinski definition) is 4. The Bertz CT molecular complexity index is 477. The SMILES string of the molecule is COc1n[nH]nc1-c1ccc(OC(C)C)cc1. The zero-order valence-corrected chi connectivity index (χ0v) is 10.1. The van der Waals surface area contributed by atoms with Crippen LogP contribution in [0.15, 0.2) is 24.3 Å². The minimum atomic E-state index is 0.169. The summed E-state index contributed by atoms with van der Waals surface area (Å²) in [6.45, 7) is 3.99. The van der Waals surface area contributed by atoms with Crippen molar-refractivity contribution in [1.82, 2.24) is 15.4 Å². The van der Waals surface area contributed by atoms with Crippen LogP contribution >= 0.6 is 0 Å². The number of nitrogens with one attached hydrogen (secondary N) is 1. The minimum Gasteiger partial charge on any atom is -0.491 e. The Morgan fingerprint density at radius 1 is 1.12 bits per heavy atom. The predicted molar refractivity (Wildman–Crippen MR) is 64.1 cm³/mol. The van der Waals surface area contributed by atoms with E-state index in [9.17, 15) is 0 Å². The van der Waals surface area contributed by atoms with Crippen LogP contribution in [0.2, 0.25) is 0 Å². The molecule has 0 aliphatic rings. The van der Waals surface area contributed by atoms with E-state index in [4.69, 9.17) is 9.47 Å². The van der Waals surface area contributed by atoms with Crippen molar-refractivity contribution >= 4 is 0 Å². The van der Waals surface area contributed by atoms with Gasteiger partial charge in [0.25, 0.3) is 5.88 Å². The molecule has 1 heterocycles. The van der Waals surface area contributed by atoms with Gasteiger partial charge in [0.2, 0.25) is 0 Å². The highest BCUT2D eigenvalue weighted by atomic mass is 16.5. The summed E-state index contributed by atoms with van der Waals surface area (Å²) in [7, 11) is 1.57. The number of methoxy groups -OCH3 is 1. The van der Waals surface area contributed by atoms with Gasteiger partial charge in [-0.2, -0.15) is 10.3 Å². The van der Waals surface area contributed by atoms with Crippen LogP contribution in [-0.2, 0) is 0 Å². The van der Waals surface area contributed by atoms with Crippen LogP contribution in [0.3, 0.4) is 0 Å². The molecule has 90 valence electrons. The molecule has 5 heteroatoms. The molecule has 2 rings (SSSR count). The van der Waals surface area contributed by atoms with Gasteiger partial charge in [0.05, 0.1) is 13.2 Å². The first-order valence-corrected chi connectivity index (χ1v) is 5.42. The number of hydrogen-bond donors (Lipinski definition) is 1. The van der Waals surface area contributed by atoms with Gasteiger partial charge in [-0.25, -0.2) is 0 Å². The molecule has 2 aromatic rings. The Kier molecular flexibility index (Phi) is 3.27. The Morgan fingerprint density at radius 2 is 1.82 bits per heavy atom. The van der Waals surface area contributed by atoms with Gasteiger partial charge in [0.15, 0.2) is 5.69 Å². The number of aromatic amines is 1. The van der Waals surface area contributed by atoms with Crippen LogP contribution in [-0.4, -0.2) is 28.6 Å². The zero-order valence-electron chi connectivity index (χ0n) is 10.1. The third-order valence-corrected chi connectivity index (χ3v) is 2.21. The smallest absolute Gasteiger partial charge is 0.261 e. The highest BCUT2D eigenvalue weighted by molar-refractivity contribution is 5.64. The number of nitrogens with zero attached hydrogens (tertiary/aromatic N) is 2. The lowest BCUT2D eigenvalue weighted by atomic mass is 10.1. The molecule has 5 nitrogen and oxygen atoms in total. The summed E-state index contributed by atoms with van der Waals surface area (Å²) in [6, 6.07) is 7.67. The van der Waals surface area contributed by atoms with Crippen molar-refractivity contribution in [3.05, 3.63) is 24.3 Å². The largest absolute Gasteiger partial charge is 0.491 e. The molecule has 0 bridgehead atoms. The van der Waals surface area contributed by atoms with Gasteiger partial charge in [0, 0.05) is 5.56 Å². The van der Waals surface area contributed by atoms with Crippen molar-refractivity contribution in [2.45, 2.75) is 20.0 Å². The number of H-pyrrole nitrogens is 1. The van der Waals surface area contributed by atoms with Crippen LogP contribution in [0.1, 0.15) is 13.8 Å². The number of aromatic nitrogens is 3. The first kappa shape index (κ1) is 11.4. The lowest BCUT2D eigenvalue weighted by Crippen LogP contribution is -2.05. The van der Waals surface area contributed by atoms with Crippen LogP contribution in [0, 0.1) is 0 Å². The van der Waals surface area contributed by atoms with E-state index < -0.39 is 0 Å². The Balaban J connectivity index is 2.23. The Hall–Kier alpha value is -2.04. The standard InChI is InChI=1S/C12H15N3O2/c1-8(2)17-10-6-4-9(5-7-10)11-12(16-3)14-15-13-11/h4-8H,1-3H3,(H,13,14,15). The second-order valence-corrected chi connectivity index (χ2v) is 3.87. The molecule has 0 atom stereocenters. The number of rotatable bonds is 4. The third-order valence-electron chi connectivity index (χ3n) is 2.21. The lowest BCUT2D eigenvalue weighted by molar-refractivity contribution is 0.242. The molecular formula is C12H15N3O2. The van der Waals surface area contributed by atoms with Gasteiger partial charge < -0.3 is 9.47 Å². The molecule has 0 spiro atoms. The molecule has 0 radical (unpaired) electrons. The summed E-state index contributed by atoms with van der Waals surface area (Å²) in [5.41, 5.74) is 1.63. The summed E-state index contributed by atoms with van der Waals surface area (Å²) < 4.78 is 10.7. The molecule has 1 aromatic carbocycles. The summed E-state index contributed by atoms with van der Waals surface area (Å²) in [4.78, 5) is 0. The molecule has 0 fully saturated rings. The molecule has 0 amide bonds. The fourth-order valence-corrected chi connectivity index (χ4v) is 1.52. The maximum atomic E-state index is 5.57. The lowest BCUT2D eigenvalue weighted by Gasteiger charge is -2.09. The average Bonchev–Trinajstić information content (AvgIpc) is 2.77. The van der Waals surface area contributed by atoms with Crippen LogP contribution < -0.4 is 9.47 Å². The second kappa shape index (κ2) is 4.86. The molecule has 0 unspecified atom stereocenters. The van der Waals surface area contributed by atoms with Crippen LogP contribution in [0.25, 0.3) is 11.3 Å². The second-order valence-electron chi connectivity index (χ2n) is 3.87. The Labute approximate surface area is 99.8 Å². The summed E-state index contributed by atoms with van der Waals surface area (Å²) >= 11 is 0. The van der Waals surface area contributed by atoms with Gasteiger partial charge in [-0.15, -0.1) is 5.10 Å². The van der Waals surface area contributed by atoms with Crippen molar-refractivity contribution in [1.29, 1.82) is 0 Å². The topological polar surface area (TPSA) is 60.0 Å². The molecular weight excluding hydrogens is 218 g/mol. The number of ether oxygens (including phenoxy) is 2. The van der Waals surface area contributed by atoms with Crippen molar-refractivity contribution < 1.29 is 9.47 Å². The van der Waals surface area contributed by atoms with Gasteiger partial charge in [-0.3, -0.25) is 0 Å². The van der Waals surface area contributed by atoms with Crippen LogP contribution in [0.4, 0.5) is 0 Å². The first-order valence-electron chi connectivity index (χ1n) is 5.42. The van der Waals surface area contributed by atoms with Crippen molar-refractivity contribution in [2.75, 3.05) is 7.11 Å². The van der Waals surface area contributed by atoms with E-state index in [-0.39, 0.29) is 6.10 Å². The maximum Gasteiger partial charge on any atom is 0.261 e. The maximum absolute atomic E-state index is 5.57. The van der Waals surface area contributed by atoms with E-state index in [1.807, 2.05) is 38.1 Å². The van der Waals surface area contributed by atoms with E-state index in [1.54, 1.807) is 7.11 Å². The highest BCUT2D eigenvalue weighted by Gasteiger charge is 2.10. The zero-order chi connectivity index (χ0) is 12.3. The average molecular weight is 233 g/mol. The van der Waals surface area contributed by atoms with E-state index in [2.05, 4.69) is 15.4 Å². The normalized spacial score (nSPS) is 10.6. The van der Waals surface area contributed by atoms with Crippen molar-refractivity contribution in [3.8, 4) is 22.9 Å². The first-order chi connectivity index (χ1) is 8.20. The summed E-state index contributed by atoms with van der Waals surface area (Å²) in [5.74, 6) is 1.33.